The van der Waals surface area contributed by atoms with Crippen LogP contribution in [0.25, 0.3) is 0 Å². The Kier molecular flexibility index (Phi) is 9.09. The first-order chi connectivity index (χ1) is 14.2. The molecule has 6 nitrogen and oxygen atoms in total. The summed E-state index contributed by atoms with van der Waals surface area (Å²) in [5, 5.41) is 6.72. The van der Waals surface area contributed by atoms with Gasteiger partial charge in [-0.2, -0.15) is 0 Å². The largest absolute Gasteiger partial charge is 0.491 e. The van der Waals surface area contributed by atoms with Gasteiger partial charge in [0.1, 0.15) is 12.4 Å². The van der Waals surface area contributed by atoms with Gasteiger partial charge in [0.15, 0.2) is 5.96 Å². The molecule has 2 fully saturated rings. The van der Waals surface area contributed by atoms with Crippen LogP contribution in [0.1, 0.15) is 50.2 Å². The number of hydrogen-bond acceptors (Lipinski definition) is 4. The molecule has 0 bridgehead atoms. The SMILES string of the molecule is CCNC(=NCc1ccc(C)cc1OCC1CCCO1)NCCCOCC1CC1. The average Bonchev–Trinajstić information content (AvgIpc) is 3.40. The zero-order valence-electron chi connectivity index (χ0n) is 18.0. The monoisotopic (exact) mass is 403 g/mol. The molecular formula is C23H37N3O3. The highest BCUT2D eigenvalue weighted by atomic mass is 16.5. The minimum absolute atomic E-state index is 0.216. The zero-order chi connectivity index (χ0) is 20.3. The van der Waals surface area contributed by atoms with E-state index in [9.17, 15) is 0 Å². The maximum absolute atomic E-state index is 6.09. The van der Waals surface area contributed by atoms with Crippen molar-refractivity contribution in [3.63, 3.8) is 0 Å². The summed E-state index contributed by atoms with van der Waals surface area (Å²) in [5.74, 6) is 2.57. The van der Waals surface area contributed by atoms with Crippen molar-refractivity contribution in [3.8, 4) is 5.75 Å². The van der Waals surface area contributed by atoms with Gasteiger partial charge in [-0.05, 0) is 63.5 Å². The summed E-state index contributed by atoms with van der Waals surface area (Å²) in [5.41, 5.74) is 2.29. The second-order valence-corrected chi connectivity index (χ2v) is 8.05. The predicted molar refractivity (Wildman–Crippen MR) is 117 cm³/mol. The van der Waals surface area contributed by atoms with Crippen molar-refractivity contribution in [1.29, 1.82) is 0 Å². The van der Waals surface area contributed by atoms with Gasteiger partial charge in [-0.15, -0.1) is 0 Å². The molecular weight excluding hydrogens is 366 g/mol. The van der Waals surface area contributed by atoms with Gasteiger partial charge in [0, 0.05) is 38.5 Å². The van der Waals surface area contributed by atoms with Crippen molar-refractivity contribution in [2.24, 2.45) is 10.9 Å². The quantitative estimate of drug-likeness (QED) is 0.318. The van der Waals surface area contributed by atoms with Gasteiger partial charge in [-0.25, -0.2) is 4.99 Å². The van der Waals surface area contributed by atoms with Crippen LogP contribution in [0.5, 0.6) is 5.75 Å². The van der Waals surface area contributed by atoms with Crippen LogP contribution in [-0.2, 0) is 16.0 Å². The molecule has 1 aliphatic heterocycles. The summed E-state index contributed by atoms with van der Waals surface area (Å²) >= 11 is 0. The van der Waals surface area contributed by atoms with E-state index in [-0.39, 0.29) is 6.10 Å². The molecule has 1 heterocycles. The number of nitrogens with one attached hydrogen (secondary N) is 2. The molecule has 29 heavy (non-hydrogen) atoms. The highest BCUT2D eigenvalue weighted by Gasteiger charge is 2.20. The highest BCUT2D eigenvalue weighted by Crippen LogP contribution is 2.28. The molecule has 3 rings (SSSR count). The minimum atomic E-state index is 0.216. The number of hydrogen-bond donors (Lipinski definition) is 2. The first-order valence-electron chi connectivity index (χ1n) is 11.2. The van der Waals surface area contributed by atoms with E-state index in [1.807, 2.05) is 0 Å². The van der Waals surface area contributed by atoms with E-state index < -0.39 is 0 Å². The van der Waals surface area contributed by atoms with Crippen molar-refractivity contribution >= 4 is 5.96 Å². The highest BCUT2D eigenvalue weighted by molar-refractivity contribution is 5.79. The third-order valence-corrected chi connectivity index (χ3v) is 5.23. The van der Waals surface area contributed by atoms with E-state index in [1.54, 1.807) is 0 Å². The molecule has 162 valence electrons. The molecule has 1 unspecified atom stereocenters. The Labute approximate surface area is 175 Å². The van der Waals surface area contributed by atoms with Crippen LogP contribution >= 0.6 is 0 Å². The molecule has 2 aliphatic rings. The predicted octanol–water partition coefficient (Wildman–Crippen LogP) is 3.42. The van der Waals surface area contributed by atoms with Gasteiger partial charge in [0.25, 0.3) is 0 Å². The van der Waals surface area contributed by atoms with E-state index in [0.29, 0.717) is 13.2 Å². The number of aryl methyl sites for hydroxylation is 1. The third kappa shape index (κ3) is 8.23. The van der Waals surface area contributed by atoms with Crippen LogP contribution < -0.4 is 15.4 Å². The molecule has 2 N–H and O–H groups in total. The van der Waals surface area contributed by atoms with Crippen molar-refractivity contribution in [2.45, 2.75) is 58.6 Å². The van der Waals surface area contributed by atoms with Crippen molar-refractivity contribution in [2.75, 3.05) is 39.5 Å². The zero-order valence-corrected chi connectivity index (χ0v) is 18.0. The van der Waals surface area contributed by atoms with Crippen molar-refractivity contribution in [1.82, 2.24) is 10.6 Å². The molecule has 1 atom stereocenters. The van der Waals surface area contributed by atoms with Crippen molar-refractivity contribution in [3.05, 3.63) is 29.3 Å². The van der Waals surface area contributed by atoms with Crippen LogP contribution in [0.4, 0.5) is 0 Å². The Bertz CT molecular complexity index is 640. The van der Waals surface area contributed by atoms with Crippen LogP contribution in [0.2, 0.25) is 0 Å². The number of aliphatic imine (C=N–C) groups is 1. The van der Waals surface area contributed by atoms with Gasteiger partial charge >= 0.3 is 0 Å². The normalized spacial score (nSPS) is 19.4. The summed E-state index contributed by atoms with van der Waals surface area (Å²) in [6, 6.07) is 6.32. The summed E-state index contributed by atoms with van der Waals surface area (Å²) in [6.07, 6.45) is 6.09. The summed E-state index contributed by atoms with van der Waals surface area (Å²) in [6.45, 7) is 9.63. The van der Waals surface area contributed by atoms with Gasteiger partial charge in [0.2, 0.25) is 0 Å². The Balaban J connectivity index is 1.47. The van der Waals surface area contributed by atoms with E-state index in [2.05, 4.69) is 42.7 Å². The van der Waals surface area contributed by atoms with Crippen LogP contribution in [0, 0.1) is 12.8 Å². The second-order valence-electron chi connectivity index (χ2n) is 8.05. The number of benzene rings is 1. The first-order valence-corrected chi connectivity index (χ1v) is 11.2. The summed E-state index contributed by atoms with van der Waals surface area (Å²) in [4.78, 5) is 4.75. The number of guanidine groups is 1. The molecule has 1 aromatic rings. The van der Waals surface area contributed by atoms with E-state index in [1.165, 1.54) is 18.4 Å². The maximum atomic E-state index is 6.09. The second kappa shape index (κ2) is 12.0. The fraction of sp³-hybridized carbons (Fsp3) is 0.696. The topological polar surface area (TPSA) is 64.1 Å². The van der Waals surface area contributed by atoms with Gasteiger partial charge < -0.3 is 24.8 Å². The Hall–Kier alpha value is -1.79. The third-order valence-electron chi connectivity index (χ3n) is 5.23. The van der Waals surface area contributed by atoms with E-state index in [4.69, 9.17) is 19.2 Å². The molecule has 0 aromatic heterocycles. The van der Waals surface area contributed by atoms with E-state index >= 15 is 0 Å². The minimum Gasteiger partial charge on any atom is -0.491 e. The molecule has 1 saturated carbocycles. The lowest BCUT2D eigenvalue weighted by atomic mass is 10.1. The van der Waals surface area contributed by atoms with Crippen LogP contribution in [0.15, 0.2) is 23.2 Å². The van der Waals surface area contributed by atoms with Gasteiger partial charge in [-0.3, -0.25) is 0 Å². The Morgan fingerprint density at radius 3 is 2.86 bits per heavy atom. The molecule has 1 aromatic carbocycles. The molecule has 0 amide bonds. The fourth-order valence-corrected chi connectivity index (χ4v) is 3.31. The summed E-state index contributed by atoms with van der Waals surface area (Å²) in [7, 11) is 0. The van der Waals surface area contributed by atoms with E-state index in [0.717, 1.165) is 75.4 Å². The fourth-order valence-electron chi connectivity index (χ4n) is 3.31. The molecule has 1 aliphatic carbocycles. The summed E-state index contributed by atoms with van der Waals surface area (Å²) < 4.78 is 17.5. The first kappa shape index (κ1) is 21.9. The number of rotatable bonds is 12. The average molecular weight is 404 g/mol. The Morgan fingerprint density at radius 2 is 2.10 bits per heavy atom. The molecule has 6 heteroatoms. The molecule has 1 saturated heterocycles. The van der Waals surface area contributed by atoms with Gasteiger partial charge in [0.05, 0.1) is 12.6 Å². The van der Waals surface area contributed by atoms with Gasteiger partial charge in [-0.1, -0.05) is 12.1 Å². The van der Waals surface area contributed by atoms with Crippen LogP contribution in [0.3, 0.4) is 0 Å². The molecule has 0 spiro atoms. The lowest BCUT2D eigenvalue weighted by Crippen LogP contribution is -2.38. The molecule has 0 radical (unpaired) electrons. The van der Waals surface area contributed by atoms with Crippen LogP contribution in [-0.4, -0.2) is 51.6 Å². The van der Waals surface area contributed by atoms with Crippen molar-refractivity contribution < 1.29 is 14.2 Å². The lowest BCUT2D eigenvalue weighted by molar-refractivity contribution is 0.0676. The number of nitrogens with zero attached hydrogens (tertiary/aromatic N) is 1. The lowest BCUT2D eigenvalue weighted by Gasteiger charge is -2.15. The Morgan fingerprint density at radius 1 is 1.21 bits per heavy atom. The standard InChI is InChI=1S/C23H37N3O3/c1-3-24-23(25-11-5-12-27-16-19-8-9-19)26-15-20-10-7-18(2)14-22(20)29-17-21-6-4-13-28-21/h7,10,14,19,21H,3-6,8-9,11-13,15-17H2,1-2H3,(H2,24,25,26). The number of ether oxygens (including phenoxy) is 3. The smallest absolute Gasteiger partial charge is 0.191 e. The maximum Gasteiger partial charge on any atom is 0.191 e.